The van der Waals surface area contributed by atoms with E-state index in [0.717, 1.165) is 24.1 Å². The first kappa shape index (κ1) is 34.6. The Kier molecular flexibility index (Phi) is 16.9. The number of aryl methyl sites for hydroxylation is 1. The number of unbranched alkanes of at least 4 members (excludes halogenated alkanes) is 13. The first-order valence-corrected chi connectivity index (χ1v) is 17.2. The Labute approximate surface area is 266 Å². The molecule has 0 saturated carbocycles. The second-order valence-corrected chi connectivity index (χ2v) is 12.2. The normalized spacial score (nSPS) is 11.0. The van der Waals surface area contributed by atoms with Crippen molar-refractivity contribution in [2.75, 3.05) is 6.61 Å². The number of hydrogen-bond acceptors (Lipinski definition) is 2. The summed E-state index contributed by atoms with van der Waals surface area (Å²) < 4.78 is 8.14. The Hall–Kier alpha value is -2.85. The van der Waals surface area contributed by atoms with Crippen LogP contribution in [0.3, 0.4) is 0 Å². The number of rotatable bonds is 22. The van der Waals surface area contributed by atoms with Crippen molar-refractivity contribution in [3.05, 3.63) is 94.8 Å². The van der Waals surface area contributed by atoms with Crippen LogP contribution >= 0.6 is 11.6 Å². The summed E-state index contributed by atoms with van der Waals surface area (Å²) in [5.41, 5.74) is 2.76. The smallest absolute Gasteiger partial charge is 0.254 e. The predicted octanol–water partition coefficient (Wildman–Crippen LogP) is 10.4. The molecule has 1 aromatic heterocycles. The fourth-order valence-corrected chi connectivity index (χ4v) is 5.70. The number of benzene rings is 2. The molecular formula is C38H54ClN2O2+. The van der Waals surface area contributed by atoms with Crippen molar-refractivity contribution in [3.8, 4) is 5.75 Å². The van der Waals surface area contributed by atoms with Crippen LogP contribution < -0.4 is 9.30 Å². The lowest BCUT2D eigenvalue weighted by molar-refractivity contribution is -0.693. The lowest BCUT2D eigenvalue weighted by atomic mass is 10.0. The van der Waals surface area contributed by atoms with Gasteiger partial charge in [0.1, 0.15) is 12.3 Å². The summed E-state index contributed by atoms with van der Waals surface area (Å²) in [6, 6.07) is 19.5. The number of aromatic nitrogens is 1. The molecule has 0 aliphatic heterocycles. The maximum atomic E-state index is 13.5. The Morgan fingerprint density at radius 3 is 1.81 bits per heavy atom. The van der Waals surface area contributed by atoms with Crippen molar-refractivity contribution >= 4 is 17.5 Å². The highest BCUT2D eigenvalue weighted by Crippen LogP contribution is 2.27. The fraction of sp³-hybridized carbons (Fsp3) is 0.526. The highest BCUT2D eigenvalue weighted by atomic mass is 35.5. The SMILES string of the molecule is CCCCCCCCCCCCCCCCOc1ccc(CN(Cc2cc[n+](CC)cc2)C(=O)c2ccccc2)cc1Cl. The molecule has 234 valence electrons. The monoisotopic (exact) mass is 605 g/mol. The van der Waals surface area contributed by atoms with Gasteiger partial charge in [0.05, 0.1) is 11.6 Å². The fourth-order valence-electron chi connectivity index (χ4n) is 5.45. The minimum atomic E-state index is 0.00192. The van der Waals surface area contributed by atoms with Gasteiger partial charge in [-0.25, -0.2) is 4.57 Å². The molecule has 0 N–H and O–H groups in total. The van der Waals surface area contributed by atoms with E-state index in [4.69, 9.17) is 16.3 Å². The van der Waals surface area contributed by atoms with E-state index in [1.165, 1.54) is 83.5 Å². The van der Waals surface area contributed by atoms with E-state index in [0.29, 0.717) is 36.0 Å². The lowest BCUT2D eigenvalue weighted by Gasteiger charge is -2.23. The minimum Gasteiger partial charge on any atom is -0.492 e. The molecule has 1 heterocycles. The molecule has 3 rings (SSSR count). The third-order valence-corrected chi connectivity index (χ3v) is 8.43. The van der Waals surface area contributed by atoms with E-state index in [-0.39, 0.29) is 5.91 Å². The van der Waals surface area contributed by atoms with Crippen molar-refractivity contribution in [2.45, 2.75) is 123 Å². The molecule has 0 unspecified atom stereocenters. The van der Waals surface area contributed by atoms with E-state index >= 15 is 0 Å². The van der Waals surface area contributed by atoms with Gasteiger partial charge in [0.2, 0.25) is 0 Å². The van der Waals surface area contributed by atoms with Crippen molar-refractivity contribution in [3.63, 3.8) is 0 Å². The molecule has 0 fully saturated rings. The van der Waals surface area contributed by atoms with Gasteiger partial charge >= 0.3 is 0 Å². The maximum absolute atomic E-state index is 13.5. The van der Waals surface area contributed by atoms with Gasteiger partial charge in [0, 0.05) is 30.8 Å². The second kappa shape index (κ2) is 21.0. The third kappa shape index (κ3) is 13.5. The number of ether oxygens (including phenoxy) is 1. The van der Waals surface area contributed by atoms with Crippen LogP contribution in [0.25, 0.3) is 0 Å². The Balaban J connectivity index is 1.39. The number of nitrogens with zero attached hydrogens (tertiary/aromatic N) is 2. The second-order valence-electron chi connectivity index (χ2n) is 11.8. The molecule has 0 bridgehead atoms. The number of halogens is 1. The maximum Gasteiger partial charge on any atom is 0.254 e. The highest BCUT2D eigenvalue weighted by Gasteiger charge is 2.18. The molecule has 4 nitrogen and oxygen atoms in total. The summed E-state index contributed by atoms with van der Waals surface area (Å²) in [6.07, 6.45) is 22.9. The summed E-state index contributed by atoms with van der Waals surface area (Å²) >= 11 is 6.64. The number of amides is 1. The van der Waals surface area contributed by atoms with Crippen LogP contribution in [0.15, 0.2) is 73.1 Å². The van der Waals surface area contributed by atoms with Gasteiger partial charge in [-0.3, -0.25) is 4.79 Å². The number of hydrogen-bond donors (Lipinski definition) is 0. The van der Waals surface area contributed by atoms with Crippen LogP contribution in [-0.4, -0.2) is 17.4 Å². The molecule has 0 atom stereocenters. The van der Waals surface area contributed by atoms with Gasteiger partial charge in [-0.1, -0.05) is 126 Å². The van der Waals surface area contributed by atoms with Gasteiger partial charge in [-0.2, -0.15) is 0 Å². The van der Waals surface area contributed by atoms with E-state index in [1.807, 2.05) is 53.4 Å². The first-order valence-electron chi connectivity index (χ1n) is 16.8. The summed E-state index contributed by atoms with van der Waals surface area (Å²) in [5.74, 6) is 0.718. The summed E-state index contributed by atoms with van der Waals surface area (Å²) in [4.78, 5) is 15.3. The Morgan fingerprint density at radius 2 is 1.26 bits per heavy atom. The number of carbonyl (C=O) groups excluding carboxylic acids is 1. The quantitative estimate of drug-likeness (QED) is 0.0843. The van der Waals surface area contributed by atoms with Gasteiger partial charge < -0.3 is 9.64 Å². The predicted molar refractivity (Wildman–Crippen MR) is 180 cm³/mol. The van der Waals surface area contributed by atoms with Gasteiger partial charge in [-0.05, 0) is 48.7 Å². The zero-order chi connectivity index (χ0) is 30.5. The summed E-state index contributed by atoms with van der Waals surface area (Å²) in [6.45, 7) is 6.98. The van der Waals surface area contributed by atoms with Crippen LogP contribution in [-0.2, 0) is 19.6 Å². The molecule has 0 aliphatic carbocycles. The van der Waals surface area contributed by atoms with Gasteiger partial charge in [0.25, 0.3) is 5.91 Å². The molecule has 43 heavy (non-hydrogen) atoms. The molecule has 0 spiro atoms. The number of carbonyl (C=O) groups is 1. The van der Waals surface area contributed by atoms with E-state index < -0.39 is 0 Å². The lowest BCUT2D eigenvalue weighted by Crippen LogP contribution is -2.33. The highest BCUT2D eigenvalue weighted by molar-refractivity contribution is 6.32. The molecule has 1 amide bonds. The molecule has 0 radical (unpaired) electrons. The molecule has 0 saturated heterocycles. The Bertz CT molecular complexity index is 1170. The van der Waals surface area contributed by atoms with Crippen LogP contribution in [0.1, 0.15) is 125 Å². The van der Waals surface area contributed by atoms with Crippen LogP contribution in [0.5, 0.6) is 5.75 Å². The van der Waals surface area contributed by atoms with Crippen molar-refractivity contribution in [1.82, 2.24) is 4.90 Å². The van der Waals surface area contributed by atoms with Crippen LogP contribution in [0.4, 0.5) is 0 Å². The van der Waals surface area contributed by atoms with Crippen molar-refractivity contribution < 1.29 is 14.1 Å². The molecule has 3 aromatic rings. The number of pyridine rings is 1. The van der Waals surface area contributed by atoms with Crippen LogP contribution in [0.2, 0.25) is 5.02 Å². The Morgan fingerprint density at radius 1 is 0.698 bits per heavy atom. The van der Waals surface area contributed by atoms with Crippen molar-refractivity contribution in [2.24, 2.45) is 0 Å². The molecule has 0 aliphatic rings. The first-order chi connectivity index (χ1) is 21.1. The van der Waals surface area contributed by atoms with Gasteiger partial charge in [0.15, 0.2) is 12.4 Å². The average molecular weight is 606 g/mol. The minimum absolute atomic E-state index is 0.00192. The zero-order valence-electron chi connectivity index (χ0n) is 26.7. The molecule has 5 heteroatoms. The summed E-state index contributed by atoms with van der Waals surface area (Å²) in [5, 5.41) is 0.596. The van der Waals surface area contributed by atoms with E-state index in [2.05, 4.69) is 42.9 Å². The topological polar surface area (TPSA) is 33.4 Å². The third-order valence-electron chi connectivity index (χ3n) is 8.13. The van der Waals surface area contributed by atoms with E-state index in [1.54, 1.807) is 0 Å². The molecule has 2 aromatic carbocycles. The molecular weight excluding hydrogens is 552 g/mol. The largest absolute Gasteiger partial charge is 0.492 e. The zero-order valence-corrected chi connectivity index (χ0v) is 27.5. The van der Waals surface area contributed by atoms with Crippen molar-refractivity contribution in [1.29, 1.82) is 0 Å². The average Bonchev–Trinajstić information content (AvgIpc) is 3.04. The van der Waals surface area contributed by atoms with E-state index in [9.17, 15) is 4.79 Å². The summed E-state index contributed by atoms with van der Waals surface area (Å²) in [7, 11) is 0. The van der Waals surface area contributed by atoms with Gasteiger partial charge in [-0.15, -0.1) is 0 Å². The standard InChI is InChI=1S/C38H54ClN2O2/c1-3-5-6-7-8-9-10-11-12-13-14-15-16-20-29-43-37-24-23-34(30-36(37)39)32-41(38(42)35-21-18-17-19-22-35)31-33-25-27-40(4-2)28-26-33/h17-19,21-28,30H,3-16,20,29,31-32H2,1-2H3/q+1. The van der Waals surface area contributed by atoms with Crippen LogP contribution in [0, 0.1) is 0 Å².